The first-order valence-corrected chi connectivity index (χ1v) is 11.4. The number of unbranched alkanes of at least 4 members (excludes halogenated alkanes) is 2. The molecule has 3 aromatic rings. The third kappa shape index (κ3) is 8.39. The summed E-state index contributed by atoms with van der Waals surface area (Å²) in [5.74, 6) is -0.976. The molecule has 2 heterocycles. The van der Waals surface area contributed by atoms with Crippen LogP contribution in [0.5, 0.6) is 11.5 Å². The fourth-order valence-corrected chi connectivity index (χ4v) is 3.14. The number of carbonyl (C=O) groups excluding carboxylic acids is 1. The fourth-order valence-electron chi connectivity index (χ4n) is 3.14. The first-order valence-electron chi connectivity index (χ1n) is 11.4. The Morgan fingerprint density at radius 1 is 1.13 bits per heavy atom. The van der Waals surface area contributed by atoms with Gasteiger partial charge in [0.15, 0.2) is 29.2 Å². The lowest BCUT2D eigenvalue weighted by molar-refractivity contribution is -0.140. The van der Waals surface area contributed by atoms with E-state index in [-0.39, 0.29) is 17.0 Å². The largest absolute Gasteiger partial charge is 0.505 e. The highest BCUT2D eigenvalue weighted by Gasteiger charge is 2.37. The molecule has 38 heavy (non-hydrogen) atoms. The van der Waals surface area contributed by atoms with E-state index in [4.69, 9.17) is 9.84 Å². The van der Waals surface area contributed by atoms with E-state index in [1.165, 1.54) is 32.0 Å². The summed E-state index contributed by atoms with van der Waals surface area (Å²) in [6.45, 7) is 3.09. The maximum atomic E-state index is 14.4. The summed E-state index contributed by atoms with van der Waals surface area (Å²) < 4.78 is 55.1. The van der Waals surface area contributed by atoms with E-state index in [2.05, 4.69) is 26.9 Å². The van der Waals surface area contributed by atoms with Crippen molar-refractivity contribution in [2.75, 3.05) is 20.7 Å². The van der Waals surface area contributed by atoms with Crippen LogP contribution in [-0.2, 0) is 6.18 Å². The van der Waals surface area contributed by atoms with E-state index in [1.807, 2.05) is 19.3 Å². The second-order valence-electron chi connectivity index (χ2n) is 7.99. The number of aromatic hydroxyl groups is 1. The van der Waals surface area contributed by atoms with E-state index in [0.29, 0.717) is 23.8 Å². The van der Waals surface area contributed by atoms with Crippen LogP contribution in [0.1, 0.15) is 47.7 Å². The van der Waals surface area contributed by atoms with E-state index >= 15 is 0 Å². The molecule has 2 aromatic heterocycles. The highest BCUT2D eigenvalue weighted by Crippen LogP contribution is 2.31. The number of H-pyrrole nitrogens is 1. The van der Waals surface area contributed by atoms with E-state index in [0.717, 1.165) is 19.4 Å². The Bertz CT molecular complexity index is 1290. The summed E-state index contributed by atoms with van der Waals surface area (Å²) in [5, 5.41) is 13.2. The molecule has 0 saturated carbocycles. The monoisotopic (exact) mass is 537 g/mol. The van der Waals surface area contributed by atoms with Crippen LogP contribution in [0.25, 0.3) is 17.5 Å². The Kier molecular flexibility index (Phi) is 10.9. The number of aromatic nitrogens is 4. The molecule has 0 aliphatic carbocycles. The average Bonchev–Trinajstić information content (AvgIpc) is 2.87. The molecular formula is C25H27F4N5O4. The molecule has 9 nitrogen and oxygen atoms in total. The lowest BCUT2D eigenvalue weighted by Crippen LogP contribution is -2.22. The van der Waals surface area contributed by atoms with Gasteiger partial charge in [0.1, 0.15) is 5.82 Å². The number of rotatable bonds is 9. The summed E-state index contributed by atoms with van der Waals surface area (Å²) in [6.07, 6.45) is 6.41. The second-order valence-corrected chi connectivity index (χ2v) is 7.99. The van der Waals surface area contributed by atoms with E-state index in [1.54, 1.807) is 11.2 Å². The Labute approximate surface area is 215 Å². The lowest BCUT2D eigenvalue weighted by Gasteiger charge is -2.13. The maximum absolute atomic E-state index is 14.4. The molecule has 2 N–H and O–H groups in total. The molecule has 0 atom stereocenters. The lowest BCUT2D eigenvalue weighted by atomic mass is 10.0. The zero-order chi connectivity index (χ0) is 28.3. The molecule has 0 amide bonds. The number of ether oxygens (including phenoxy) is 1. The molecule has 3 rings (SSSR count). The minimum absolute atomic E-state index is 0.242. The van der Waals surface area contributed by atoms with Crippen molar-refractivity contribution in [3.63, 3.8) is 0 Å². The molecule has 0 aliphatic rings. The van der Waals surface area contributed by atoms with Crippen LogP contribution in [0.4, 0.5) is 17.6 Å². The summed E-state index contributed by atoms with van der Waals surface area (Å²) in [4.78, 5) is 32.1. The van der Waals surface area contributed by atoms with Gasteiger partial charge in [-0.25, -0.2) is 19.5 Å². The number of nitrogens with one attached hydrogen (secondary N) is 1. The molecule has 0 radical (unpaired) electrons. The van der Waals surface area contributed by atoms with Gasteiger partial charge in [0, 0.05) is 19.2 Å². The van der Waals surface area contributed by atoms with Crippen molar-refractivity contribution in [3.05, 3.63) is 69.8 Å². The van der Waals surface area contributed by atoms with Crippen molar-refractivity contribution < 1.29 is 32.2 Å². The number of aromatic amines is 1. The van der Waals surface area contributed by atoms with E-state index in [9.17, 15) is 27.2 Å². The van der Waals surface area contributed by atoms with Crippen LogP contribution < -0.4 is 10.3 Å². The summed E-state index contributed by atoms with van der Waals surface area (Å²) in [6, 6.07) is 2.81. The van der Waals surface area contributed by atoms with Gasteiger partial charge in [0.25, 0.3) is 5.56 Å². The smallest absolute Gasteiger partial charge is 0.425 e. The van der Waals surface area contributed by atoms with Gasteiger partial charge in [0.05, 0.1) is 31.3 Å². The Morgan fingerprint density at radius 3 is 2.34 bits per heavy atom. The number of carbonyl (C=O) groups is 1. The zero-order valence-corrected chi connectivity index (χ0v) is 20.9. The molecule has 0 bridgehead atoms. The Hall–Kier alpha value is -4.29. The van der Waals surface area contributed by atoms with Crippen LogP contribution in [0.2, 0.25) is 0 Å². The standard InChI is InChI=1S/C20H24FN3O2.C5H3F3N2O2/c1-4-5-6-8-24(2)9-7-15-10-18(19(21)11-16(15)14-25)20-22-12-17(26-3)13-23-20;6-5(7,8)3-2(11)1-9-10-4(3)12/h7,9-14H,4-6,8H2,1-3H3;1H,(H2,10,11,12)/b9-7-;. The van der Waals surface area contributed by atoms with E-state index < -0.39 is 28.9 Å². The van der Waals surface area contributed by atoms with Gasteiger partial charge in [-0.15, -0.1) is 0 Å². The predicted molar refractivity (Wildman–Crippen MR) is 132 cm³/mol. The van der Waals surface area contributed by atoms with Gasteiger partial charge in [0.2, 0.25) is 0 Å². The molecule has 13 heteroatoms. The van der Waals surface area contributed by atoms with Crippen LogP contribution in [-0.4, -0.2) is 57.2 Å². The molecule has 1 aromatic carbocycles. The first-order chi connectivity index (χ1) is 18.0. The third-order valence-corrected chi connectivity index (χ3v) is 5.15. The number of methoxy groups -OCH3 is 1. The predicted octanol–water partition coefficient (Wildman–Crippen LogP) is 4.69. The molecule has 204 valence electrons. The first kappa shape index (κ1) is 29.9. The number of aldehydes is 1. The van der Waals surface area contributed by atoms with Gasteiger partial charge in [-0.2, -0.15) is 18.3 Å². The van der Waals surface area contributed by atoms with Gasteiger partial charge >= 0.3 is 6.18 Å². The van der Waals surface area contributed by atoms with Crippen molar-refractivity contribution >= 4 is 12.4 Å². The van der Waals surface area contributed by atoms with Crippen molar-refractivity contribution in [3.8, 4) is 22.9 Å². The van der Waals surface area contributed by atoms with Crippen molar-refractivity contribution in [1.29, 1.82) is 0 Å². The van der Waals surface area contributed by atoms with Crippen molar-refractivity contribution in [2.45, 2.75) is 32.4 Å². The number of halogens is 4. The van der Waals surface area contributed by atoms with Gasteiger partial charge < -0.3 is 14.7 Å². The van der Waals surface area contributed by atoms with Gasteiger partial charge in [-0.05, 0) is 36.4 Å². The molecular weight excluding hydrogens is 510 g/mol. The number of nitrogens with zero attached hydrogens (tertiary/aromatic N) is 4. The van der Waals surface area contributed by atoms with Gasteiger partial charge in [-0.3, -0.25) is 9.59 Å². The van der Waals surface area contributed by atoms with Gasteiger partial charge in [-0.1, -0.05) is 19.8 Å². The summed E-state index contributed by atoms with van der Waals surface area (Å²) in [5.41, 5.74) is -1.93. The highest BCUT2D eigenvalue weighted by molar-refractivity contribution is 5.84. The third-order valence-electron chi connectivity index (χ3n) is 5.15. The highest BCUT2D eigenvalue weighted by atomic mass is 19.4. The molecule has 0 spiro atoms. The quantitative estimate of drug-likeness (QED) is 0.229. The minimum Gasteiger partial charge on any atom is -0.505 e. The number of hydrogen-bond acceptors (Lipinski definition) is 8. The summed E-state index contributed by atoms with van der Waals surface area (Å²) in [7, 11) is 3.49. The van der Waals surface area contributed by atoms with Crippen molar-refractivity contribution in [2.24, 2.45) is 0 Å². The fraction of sp³-hybridized carbons (Fsp3) is 0.320. The van der Waals surface area contributed by atoms with Crippen LogP contribution >= 0.6 is 0 Å². The SMILES string of the molecule is CCCCCN(C)/C=C\c1cc(-c2ncc(OC)cn2)c(F)cc1C=O.O=c1[nH]ncc(O)c1C(F)(F)F. The zero-order valence-electron chi connectivity index (χ0n) is 20.9. The number of alkyl halides is 3. The van der Waals surface area contributed by atoms with Crippen LogP contribution in [0, 0.1) is 5.82 Å². The Balaban J connectivity index is 0.000000352. The van der Waals surface area contributed by atoms with Crippen molar-refractivity contribution in [1.82, 2.24) is 25.1 Å². The number of benzene rings is 1. The minimum atomic E-state index is -4.86. The topological polar surface area (TPSA) is 121 Å². The Morgan fingerprint density at radius 2 is 1.82 bits per heavy atom. The average molecular weight is 538 g/mol. The molecule has 0 fully saturated rings. The maximum Gasteiger partial charge on any atom is 0.425 e. The summed E-state index contributed by atoms with van der Waals surface area (Å²) >= 11 is 0. The normalized spacial score (nSPS) is 11.1. The second kappa shape index (κ2) is 13.9. The van der Waals surface area contributed by atoms with Crippen LogP contribution in [0.3, 0.4) is 0 Å². The molecule has 0 saturated heterocycles. The van der Waals surface area contributed by atoms with Crippen LogP contribution in [0.15, 0.2) is 41.7 Å². The molecule has 0 unspecified atom stereocenters. The molecule has 0 aliphatic heterocycles. The number of hydrogen-bond donors (Lipinski definition) is 2.